The topological polar surface area (TPSA) is 21.3 Å². The first-order chi connectivity index (χ1) is 5.43. The Labute approximate surface area is 66.6 Å². The zero-order valence-corrected chi connectivity index (χ0v) is 6.55. The van der Waals surface area contributed by atoms with E-state index in [2.05, 4.69) is 11.4 Å². The first-order valence-electron chi connectivity index (χ1n) is 4.55. The van der Waals surface area contributed by atoms with Crippen molar-refractivity contribution < 1.29 is 4.74 Å². The summed E-state index contributed by atoms with van der Waals surface area (Å²) in [5, 5.41) is 3.39. The second-order valence-corrected chi connectivity index (χ2v) is 3.74. The molecule has 0 amide bonds. The summed E-state index contributed by atoms with van der Waals surface area (Å²) in [7, 11) is 0. The highest BCUT2D eigenvalue weighted by atomic mass is 16.6. The number of rotatable bonds is 0. The van der Waals surface area contributed by atoms with Gasteiger partial charge in [-0.15, -0.1) is 0 Å². The second-order valence-electron chi connectivity index (χ2n) is 3.74. The van der Waals surface area contributed by atoms with Crippen molar-refractivity contribution in [2.24, 2.45) is 5.92 Å². The third kappa shape index (κ3) is 0.797. The molecule has 0 radical (unpaired) electrons. The number of nitrogens with one attached hydrogen (secondary N) is 1. The van der Waals surface area contributed by atoms with Crippen LogP contribution in [-0.4, -0.2) is 12.5 Å². The van der Waals surface area contributed by atoms with Gasteiger partial charge in [0.05, 0.1) is 0 Å². The van der Waals surface area contributed by atoms with Gasteiger partial charge in [-0.2, -0.15) is 0 Å². The number of ether oxygens (including phenoxy) is 1. The standard InChI is InChI=1S/C9H13NO/c1-2-4-7-6(3-1)5-8-10-9(7)11-8/h4,6,8-10H,1-3,5H2. The lowest BCUT2D eigenvalue weighted by molar-refractivity contribution is -0.177. The van der Waals surface area contributed by atoms with Crippen LogP contribution >= 0.6 is 0 Å². The zero-order valence-electron chi connectivity index (χ0n) is 6.55. The Bertz CT molecular complexity index is 206. The summed E-state index contributed by atoms with van der Waals surface area (Å²) in [6.45, 7) is 0. The Morgan fingerprint density at radius 2 is 2.45 bits per heavy atom. The summed E-state index contributed by atoms with van der Waals surface area (Å²) in [5.74, 6) is 0.855. The fraction of sp³-hybridized carbons (Fsp3) is 0.778. The lowest BCUT2D eigenvalue weighted by atomic mass is 9.79. The van der Waals surface area contributed by atoms with Gasteiger partial charge in [-0.05, 0) is 37.2 Å². The van der Waals surface area contributed by atoms with Crippen molar-refractivity contribution in [1.29, 1.82) is 0 Å². The lowest BCUT2D eigenvalue weighted by Gasteiger charge is -2.49. The molecule has 3 heterocycles. The highest BCUT2D eigenvalue weighted by Crippen LogP contribution is 2.40. The number of piperidine rings is 1. The van der Waals surface area contributed by atoms with Gasteiger partial charge in [0.15, 0.2) is 0 Å². The third-order valence-electron chi connectivity index (χ3n) is 3.05. The van der Waals surface area contributed by atoms with Crippen LogP contribution in [0, 0.1) is 5.92 Å². The zero-order chi connectivity index (χ0) is 7.26. The Balaban J connectivity index is 1.90. The van der Waals surface area contributed by atoms with Crippen molar-refractivity contribution in [2.75, 3.05) is 0 Å². The molecule has 1 aliphatic carbocycles. The average molecular weight is 151 g/mol. The molecule has 0 aromatic carbocycles. The van der Waals surface area contributed by atoms with E-state index in [1.54, 1.807) is 5.57 Å². The van der Waals surface area contributed by atoms with Crippen molar-refractivity contribution in [1.82, 2.24) is 5.32 Å². The smallest absolute Gasteiger partial charge is 0.134 e. The minimum absolute atomic E-state index is 0.305. The molecule has 4 aliphatic rings. The van der Waals surface area contributed by atoms with Gasteiger partial charge in [-0.3, -0.25) is 5.32 Å². The van der Waals surface area contributed by atoms with Gasteiger partial charge in [-0.25, -0.2) is 0 Å². The molecular formula is C9H13NO. The fourth-order valence-corrected chi connectivity index (χ4v) is 2.44. The predicted octanol–water partition coefficient (Wildman–Crippen LogP) is 1.39. The maximum absolute atomic E-state index is 5.57. The predicted molar refractivity (Wildman–Crippen MR) is 41.8 cm³/mol. The van der Waals surface area contributed by atoms with Crippen molar-refractivity contribution in [3.8, 4) is 0 Å². The monoisotopic (exact) mass is 151 g/mol. The molecule has 2 nitrogen and oxygen atoms in total. The molecule has 0 aromatic rings. The van der Waals surface area contributed by atoms with Crippen LogP contribution in [0.15, 0.2) is 11.6 Å². The van der Waals surface area contributed by atoms with E-state index in [4.69, 9.17) is 4.74 Å². The Morgan fingerprint density at radius 3 is 3.27 bits per heavy atom. The van der Waals surface area contributed by atoms with Crippen LogP contribution in [0.4, 0.5) is 0 Å². The van der Waals surface area contributed by atoms with E-state index in [1.807, 2.05) is 0 Å². The van der Waals surface area contributed by atoms with Crippen LogP contribution in [0.2, 0.25) is 0 Å². The molecule has 0 aromatic heterocycles. The molecule has 0 spiro atoms. The molecule has 3 saturated heterocycles. The van der Waals surface area contributed by atoms with Crippen LogP contribution in [0.5, 0.6) is 0 Å². The normalized spacial score (nSPS) is 47.3. The molecular weight excluding hydrogens is 138 g/mol. The molecule has 3 aliphatic heterocycles. The first kappa shape index (κ1) is 6.21. The third-order valence-corrected chi connectivity index (χ3v) is 3.05. The largest absolute Gasteiger partial charge is 0.341 e. The SMILES string of the molecule is C1=C2C(CCC1)CC1NC2O1. The van der Waals surface area contributed by atoms with E-state index < -0.39 is 0 Å². The van der Waals surface area contributed by atoms with Gasteiger partial charge in [0, 0.05) is 0 Å². The first-order valence-corrected chi connectivity index (χ1v) is 4.55. The quantitative estimate of drug-likeness (QED) is 0.528. The molecule has 11 heavy (non-hydrogen) atoms. The number of allylic oxidation sites excluding steroid dienone is 1. The second kappa shape index (κ2) is 2.08. The Kier molecular flexibility index (Phi) is 1.17. The summed E-state index contributed by atoms with van der Waals surface area (Å²) in [5.41, 5.74) is 1.54. The van der Waals surface area contributed by atoms with E-state index >= 15 is 0 Å². The summed E-state index contributed by atoms with van der Waals surface area (Å²) in [4.78, 5) is 0. The van der Waals surface area contributed by atoms with Crippen molar-refractivity contribution in [2.45, 2.75) is 38.1 Å². The fourth-order valence-electron chi connectivity index (χ4n) is 2.44. The minimum atomic E-state index is 0.305. The van der Waals surface area contributed by atoms with Gasteiger partial charge in [0.25, 0.3) is 0 Å². The number of hydrogen-bond donors (Lipinski definition) is 1. The number of hydrogen-bond acceptors (Lipinski definition) is 2. The lowest BCUT2D eigenvalue weighted by Crippen LogP contribution is -2.62. The summed E-state index contributed by atoms with van der Waals surface area (Å²) in [6, 6.07) is 0. The van der Waals surface area contributed by atoms with Crippen LogP contribution < -0.4 is 5.32 Å². The van der Waals surface area contributed by atoms with E-state index in [1.165, 1.54) is 25.7 Å². The summed E-state index contributed by atoms with van der Waals surface area (Å²) < 4.78 is 5.57. The van der Waals surface area contributed by atoms with E-state index in [0.29, 0.717) is 12.5 Å². The summed E-state index contributed by atoms with van der Waals surface area (Å²) in [6.07, 6.45) is 8.32. The van der Waals surface area contributed by atoms with Gasteiger partial charge in [0.2, 0.25) is 0 Å². The highest BCUT2D eigenvalue weighted by Gasteiger charge is 2.42. The summed E-state index contributed by atoms with van der Waals surface area (Å²) >= 11 is 0. The van der Waals surface area contributed by atoms with Gasteiger partial charge >= 0.3 is 0 Å². The Morgan fingerprint density at radius 1 is 1.55 bits per heavy atom. The molecule has 3 unspecified atom stereocenters. The van der Waals surface area contributed by atoms with Crippen LogP contribution in [-0.2, 0) is 4.74 Å². The van der Waals surface area contributed by atoms with Crippen LogP contribution in [0.25, 0.3) is 0 Å². The van der Waals surface area contributed by atoms with E-state index in [9.17, 15) is 0 Å². The van der Waals surface area contributed by atoms with Gasteiger partial charge in [0.1, 0.15) is 12.5 Å². The molecule has 1 N–H and O–H groups in total. The van der Waals surface area contributed by atoms with Crippen molar-refractivity contribution in [3.63, 3.8) is 0 Å². The average Bonchev–Trinajstić information content (AvgIpc) is 2.02. The van der Waals surface area contributed by atoms with Crippen LogP contribution in [0.1, 0.15) is 25.7 Å². The molecule has 2 heteroatoms. The molecule has 0 saturated carbocycles. The van der Waals surface area contributed by atoms with Crippen molar-refractivity contribution in [3.05, 3.63) is 11.6 Å². The van der Waals surface area contributed by atoms with E-state index in [0.717, 1.165) is 5.92 Å². The molecule has 3 fully saturated rings. The Hall–Kier alpha value is -0.340. The molecule has 4 rings (SSSR count). The highest BCUT2D eigenvalue weighted by molar-refractivity contribution is 5.20. The molecule has 60 valence electrons. The molecule has 3 atom stereocenters. The maximum Gasteiger partial charge on any atom is 0.134 e. The van der Waals surface area contributed by atoms with Crippen molar-refractivity contribution >= 4 is 0 Å². The maximum atomic E-state index is 5.57. The van der Waals surface area contributed by atoms with Crippen LogP contribution in [0.3, 0.4) is 0 Å². The van der Waals surface area contributed by atoms with Gasteiger partial charge in [-0.1, -0.05) is 6.08 Å². The molecule has 2 bridgehead atoms. The van der Waals surface area contributed by atoms with Gasteiger partial charge < -0.3 is 4.74 Å². The minimum Gasteiger partial charge on any atom is -0.341 e. The van der Waals surface area contributed by atoms with E-state index in [-0.39, 0.29) is 0 Å².